The molecule has 2 rings (SSSR count). The van der Waals surface area contributed by atoms with Crippen molar-refractivity contribution in [2.45, 2.75) is 17.7 Å². The van der Waals surface area contributed by atoms with Gasteiger partial charge < -0.3 is 4.74 Å². The molecular weight excluding hydrogens is 317 g/mol. The highest BCUT2D eigenvalue weighted by molar-refractivity contribution is 7.99. The first kappa shape index (κ1) is 17.7. The van der Waals surface area contributed by atoms with Crippen LogP contribution >= 0.6 is 11.8 Å². The highest BCUT2D eigenvalue weighted by atomic mass is 32.2. The Hall–Kier alpha value is -1.66. The summed E-state index contributed by atoms with van der Waals surface area (Å²) in [6, 6.07) is 5.41. The number of nitrogens with zero attached hydrogens (tertiary/aromatic N) is 1. The summed E-state index contributed by atoms with van der Waals surface area (Å²) in [4.78, 5) is 25.0. The molecule has 2 atom stereocenters. The summed E-state index contributed by atoms with van der Waals surface area (Å²) in [6.07, 6.45) is 5.09. The van der Waals surface area contributed by atoms with Crippen molar-refractivity contribution in [2.24, 2.45) is 0 Å². The van der Waals surface area contributed by atoms with Crippen LogP contribution in [0.5, 0.6) is 0 Å². The number of hydrogen-bond acceptors (Lipinski definition) is 5. The molecule has 1 aliphatic rings. The number of allylic oxidation sites excluding steroid dienone is 1. The maximum absolute atomic E-state index is 14.2. The van der Waals surface area contributed by atoms with E-state index in [1.165, 1.54) is 13.2 Å². The lowest BCUT2D eigenvalue weighted by molar-refractivity contribution is -0.147. The topological polar surface area (TPSA) is 46.6 Å². The number of rotatable bonds is 5. The lowest BCUT2D eigenvalue weighted by Gasteiger charge is -2.37. The number of hydrogen-bond donors (Lipinski definition) is 0. The van der Waals surface area contributed by atoms with Crippen LogP contribution in [0.25, 0.3) is 0 Å². The van der Waals surface area contributed by atoms with E-state index in [2.05, 4.69) is 0 Å². The zero-order valence-corrected chi connectivity index (χ0v) is 14.0. The highest BCUT2D eigenvalue weighted by Gasteiger charge is 2.35. The lowest BCUT2D eigenvalue weighted by Crippen LogP contribution is -2.43. The molecule has 124 valence electrons. The number of piperidine rings is 1. The van der Waals surface area contributed by atoms with Crippen molar-refractivity contribution in [3.8, 4) is 0 Å². The monoisotopic (exact) mass is 337 g/mol. The average molecular weight is 337 g/mol. The number of thioether (sulfide) groups is 1. The summed E-state index contributed by atoms with van der Waals surface area (Å²) < 4.78 is 19.1. The van der Waals surface area contributed by atoms with Crippen molar-refractivity contribution in [3.63, 3.8) is 0 Å². The first-order chi connectivity index (χ1) is 11.1. The maximum Gasteiger partial charge on any atom is 0.327 e. The Morgan fingerprint density at radius 3 is 2.83 bits per heavy atom. The minimum atomic E-state index is -0.806. The second-order valence-electron chi connectivity index (χ2n) is 5.31. The van der Waals surface area contributed by atoms with E-state index in [-0.39, 0.29) is 5.25 Å². The van der Waals surface area contributed by atoms with Gasteiger partial charge in [-0.2, -0.15) is 11.8 Å². The zero-order chi connectivity index (χ0) is 16.8. The summed E-state index contributed by atoms with van der Waals surface area (Å²) >= 11 is 1.68. The van der Waals surface area contributed by atoms with Crippen molar-refractivity contribution in [2.75, 3.05) is 26.5 Å². The van der Waals surface area contributed by atoms with Crippen molar-refractivity contribution in [1.29, 1.82) is 0 Å². The van der Waals surface area contributed by atoms with Crippen molar-refractivity contribution >= 4 is 24.0 Å². The summed E-state index contributed by atoms with van der Waals surface area (Å²) in [5.41, 5.74) is 1.25. The van der Waals surface area contributed by atoms with Gasteiger partial charge in [-0.3, -0.25) is 9.69 Å². The van der Waals surface area contributed by atoms with Crippen molar-refractivity contribution < 1.29 is 18.7 Å². The molecule has 4 nitrogen and oxygen atoms in total. The van der Waals surface area contributed by atoms with Crippen LogP contribution in [0.3, 0.4) is 0 Å². The maximum atomic E-state index is 14.2. The van der Waals surface area contributed by atoms with Crippen LogP contribution in [-0.2, 0) is 14.3 Å². The number of aldehydes is 1. The SMILES string of the molecule is COC(=O)C(c1ccccc1F)N1CCC(SC)/C(=C\C=O)C1. The molecular formula is C17H20FNO3S. The zero-order valence-electron chi connectivity index (χ0n) is 13.2. The van der Waals surface area contributed by atoms with E-state index in [1.807, 2.05) is 11.2 Å². The summed E-state index contributed by atoms with van der Waals surface area (Å²) in [7, 11) is 1.30. The molecule has 1 fully saturated rings. The number of carbonyl (C=O) groups excluding carboxylic acids is 2. The van der Waals surface area contributed by atoms with Gasteiger partial charge in [0.15, 0.2) is 0 Å². The molecule has 0 aliphatic carbocycles. The Kier molecular flexibility index (Phi) is 6.36. The molecule has 23 heavy (non-hydrogen) atoms. The molecule has 0 amide bonds. The van der Waals surface area contributed by atoms with E-state index in [0.717, 1.165) is 18.3 Å². The summed E-state index contributed by atoms with van der Waals surface area (Å²) in [5.74, 6) is -0.932. The predicted molar refractivity (Wildman–Crippen MR) is 88.8 cm³/mol. The van der Waals surface area contributed by atoms with Gasteiger partial charge in [-0.05, 0) is 30.4 Å². The fourth-order valence-corrected chi connectivity index (χ4v) is 3.70. The third-order valence-electron chi connectivity index (χ3n) is 4.03. The molecule has 6 heteroatoms. The lowest BCUT2D eigenvalue weighted by atomic mass is 9.98. The van der Waals surface area contributed by atoms with Gasteiger partial charge in [-0.1, -0.05) is 18.2 Å². The third-order valence-corrected chi connectivity index (χ3v) is 5.14. The van der Waals surface area contributed by atoms with Crippen LogP contribution in [0.15, 0.2) is 35.9 Å². The van der Waals surface area contributed by atoms with Gasteiger partial charge in [0.25, 0.3) is 0 Å². The second kappa shape index (κ2) is 8.26. The third kappa shape index (κ3) is 4.00. The van der Waals surface area contributed by atoms with E-state index in [9.17, 15) is 14.0 Å². The van der Waals surface area contributed by atoms with Gasteiger partial charge in [-0.25, -0.2) is 9.18 Å². The molecule has 1 saturated heterocycles. The standard InChI is InChI=1S/C17H20FNO3S/c1-22-17(21)16(13-5-3-4-6-14(13)18)19-9-7-15(23-2)12(11-19)8-10-20/h3-6,8,10,15-16H,7,9,11H2,1-2H3/b12-8-. The molecule has 1 heterocycles. The minimum absolute atomic E-state index is 0.246. The Morgan fingerprint density at radius 2 is 2.22 bits per heavy atom. The highest BCUT2D eigenvalue weighted by Crippen LogP contribution is 2.32. The number of halogens is 1. The van der Waals surface area contributed by atoms with E-state index in [4.69, 9.17) is 4.74 Å². The molecule has 0 spiro atoms. The molecule has 0 aromatic heterocycles. The van der Waals surface area contributed by atoms with Crippen LogP contribution in [0, 0.1) is 5.82 Å². The number of benzene rings is 1. The Balaban J connectivity index is 2.34. The van der Waals surface area contributed by atoms with Crippen molar-refractivity contribution in [1.82, 2.24) is 4.90 Å². The molecule has 2 unspecified atom stereocenters. The Bertz CT molecular complexity index is 605. The van der Waals surface area contributed by atoms with E-state index in [1.54, 1.807) is 36.0 Å². The number of methoxy groups -OCH3 is 1. The second-order valence-corrected chi connectivity index (χ2v) is 6.35. The summed E-state index contributed by atoms with van der Waals surface area (Å²) in [5, 5.41) is 0.246. The molecule has 1 aromatic rings. The molecule has 0 N–H and O–H groups in total. The van der Waals surface area contributed by atoms with E-state index < -0.39 is 17.8 Å². The first-order valence-electron chi connectivity index (χ1n) is 7.35. The van der Waals surface area contributed by atoms with E-state index >= 15 is 0 Å². The number of likely N-dealkylation sites (tertiary alicyclic amines) is 1. The largest absolute Gasteiger partial charge is 0.468 e. The smallest absolute Gasteiger partial charge is 0.327 e. The number of esters is 1. The summed E-state index contributed by atoms with van der Waals surface area (Å²) in [6.45, 7) is 1.08. The van der Waals surface area contributed by atoms with Crippen LogP contribution in [-0.4, -0.2) is 48.9 Å². The predicted octanol–water partition coefficient (Wildman–Crippen LogP) is 2.60. The normalized spacial score (nSPS) is 21.9. The fourth-order valence-electron chi connectivity index (χ4n) is 2.90. The van der Waals surface area contributed by atoms with Gasteiger partial charge in [0, 0.05) is 23.9 Å². The van der Waals surface area contributed by atoms with Crippen LogP contribution in [0.2, 0.25) is 0 Å². The van der Waals surface area contributed by atoms with Crippen LogP contribution < -0.4 is 0 Å². The Morgan fingerprint density at radius 1 is 1.48 bits per heavy atom. The van der Waals surface area contributed by atoms with Gasteiger partial charge >= 0.3 is 5.97 Å². The Labute approximate surface area is 139 Å². The van der Waals surface area contributed by atoms with Crippen LogP contribution in [0.4, 0.5) is 4.39 Å². The van der Waals surface area contributed by atoms with E-state index in [0.29, 0.717) is 18.7 Å². The van der Waals surface area contributed by atoms with Gasteiger partial charge in [0.05, 0.1) is 7.11 Å². The number of carbonyl (C=O) groups is 2. The molecule has 0 radical (unpaired) electrons. The number of ether oxygens (including phenoxy) is 1. The van der Waals surface area contributed by atoms with Crippen molar-refractivity contribution in [3.05, 3.63) is 47.3 Å². The van der Waals surface area contributed by atoms with Gasteiger partial charge in [0.2, 0.25) is 0 Å². The van der Waals surface area contributed by atoms with Crippen LogP contribution in [0.1, 0.15) is 18.0 Å². The van der Waals surface area contributed by atoms with Gasteiger partial charge in [-0.15, -0.1) is 0 Å². The van der Waals surface area contributed by atoms with Gasteiger partial charge in [0.1, 0.15) is 18.1 Å². The minimum Gasteiger partial charge on any atom is -0.468 e. The quantitative estimate of drug-likeness (QED) is 0.469. The fraction of sp³-hybridized carbons (Fsp3) is 0.412. The molecule has 0 bridgehead atoms. The molecule has 0 saturated carbocycles. The average Bonchev–Trinajstić information content (AvgIpc) is 2.57. The molecule has 1 aliphatic heterocycles. The molecule has 1 aromatic carbocycles. The first-order valence-corrected chi connectivity index (χ1v) is 8.64.